The second-order valence-corrected chi connectivity index (χ2v) is 10.8. The van der Waals surface area contributed by atoms with Gasteiger partial charge in [0.1, 0.15) is 0 Å². The molecule has 0 unspecified atom stereocenters. The summed E-state index contributed by atoms with van der Waals surface area (Å²) in [5.41, 5.74) is 12.9. The van der Waals surface area contributed by atoms with E-state index in [2.05, 4.69) is 161 Å². The Kier molecular flexibility index (Phi) is 6.16. The highest BCUT2D eigenvalue weighted by atomic mass is 15.0. The van der Waals surface area contributed by atoms with Crippen LogP contribution in [0.2, 0.25) is 0 Å². The van der Waals surface area contributed by atoms with Crippen LogP contribution < -0.4 is 0 Å². The SMILES string of the molecule is c1ccc(-c2cccc(-c3ccc4c(c3)c3c(-c5cccc(-c6ccccn6)c5)cccc3n4-c3ccccc3)c2)cc1. The molecule has 2 heterocycles. The van der Waals surface area contributed by atoms with Crippen LogP contribution in [0.4, 0.5) is 0 Å². The first-order valence-corrected chi connectivity index (χ1v) is 14.6. The third-order valence-electron chi connectivity index (χ3n) is 8.24. The quantitative estimate of drug-likeness (QED) is 0.209. The molecule has 8 aromatic rings. The number of benzene rings is 6. The van der Waals surface area contributed by atoms with E-state index in [1.54, 1.807) is 0 Å². The summed E-state index contributed by atoms with van der Waals surface area (Å²) < 4.78 is 2.39. The Morgan fingerprint density at radius 1 is 0.395 bits per heavy atom. The minimum absolute atomic E-state index is 0.976. The lowest BCUT2D eigenvalue weighted by molar-refractivity contribution is 1.18. The van der Waals surface area contributed by atoms with Crippen molar-refractivity contribution in [1.82, 2.24) is 9.55 Å². The Balaban J connectivity index is 1.37. The van der Waals surface area contributed by atoms with E-state index in [0.717, 1.165) is 16.9 Å². The van der Waals surface area contributed by atoms with Gasteiger partial charge < -0.3 is 4.57 Å². The maximum atomic E-state index is 4.61. The number of para-hydroxylation sites is 1. The van der Waals surface area contributed by atoms with Gasteiger partial charge in [-0.05, 0) is 88.0 Å². The van der Waals surface area contributed by atoms with Crippen LogP contribution >= 0.6 is 0 Å². The number of rotatable bonds is 5. The number of nitrogens with zero attached hydrogens (tertiary/aromatic N) is 2. The van der Waals surface area contributed by atoms with Gasteiger partial charge in [0.15, 0.2) is 0 Å². The van der Waals surface area contributed by atoms with Crippen molar-refractivity contribution in [2.45, 2.75) is 0 Å². The van der Waals surface area contributed by atoms with Gasteiger partial charge in [0.2, 0.25) is 0 Å². The molecule has 0 radical (unpaired) electrons. The second kappa shape index (κ2) is 10.6. The maximum absolute atomic E-state index is 4.61. The van der Waals surface area contributed by atoms with E-state index >= 15 is 0 Å². The van der Waals surface area contributed by atoms with E-state index in [0.29, 0.717) is 0 Å². The minimum atomic E-state index is 0.976. The summed E-state index contributed by atoms with van der Waals surface area (Å²) in [6, 6.07) is 58.5. The minimum Gasteiger partial charge on any atom is -0.309 e. The Morgan fingerprint density at radius 3 is 1.81 bits per heavy atom. The summed E-state index contributed by atoms with van der Waals surface area (Å²) in [7, 11) is 0. The predicted octanol–water partition coefficient (Wildman–Crippen LogP) is 10.8. The van der Waals surface area contributed by atoms with Crippen molar-refractivity contribution in [3.05, 3.63) is 170 Å². The summed E-state index contributed by atoms with van der Waals surface area (Å²) in [5, 5.41) is 2.49. The molecule has 0 aliphatic rings. The van der Waals surface area contributed by atoms with Crippen LogP contribution in [0.25, 0.3) is 72.1 Å². The van der Waals surface area contributed by atoms with Crippen LogP contribution in [0.1, 0.15) is 0 Å². The molecule has 43 heavy (non-hydrogen) atoms. The summed E-state index contributed by atoms with van der Waals surface area (Å²) in [5.74, 6) is 0. The van der Waals surface area contributed by atoms with E-state index in [-0.39, 0.29) is 0 Å². The largest absolute Gasteiger partial charge is 0.309 e. The molecule has 0 fully saturated rings. The maximum Gasteiger partial charge on any atom is 0.0702 e. The molecule has 202 valence electrons. The van der Waals surface area contributed by atoms with Crippen LogP contribution in [-0.2, 0) is 0 Å². The fourth-order valence-corrected chi connectivity index (χ4v) is 6.23. The molecule has 0 saturated carbocycles. The van der Waals surface area contributed by atoms with Gasteiger partial charge >= 0.3 is 0 Å². The van der Waals surface area contributed by atoms with Crippen molar-refractivity contribution >= 4 is 21.8 Å². The van der Waals surface area contributed by atoms with Crippen molar-refractivity contribution < 1.29 is 0 Å². The fourth-order valence-electron chi connectivity index (χ4n) is 6.23. The van der Waals surface area contributed by atoms with Gasteiger partial charge in [0.05, 0.1) is 16.7 Å². The van der Waals surface area contributed by atoms with Crippen LogP contribution in [0.3, 0.4) is 0 Å². The van der Waals surface area contributed by atoms with Crippen molar-refractivity contribution in [3.63, 3.8) is 0 Å². The van der Waals surface area contributed by atoms with Gasteiger partial charge in [-0.25, -0.2) is 0 Å². The molecule has 6 aromatic carbocycles. The zero-order valence-corrected chi connectivity index (χ0v) is 23.6. The number of pyridine rings is 1. The molecule has 0 aliphatic heterocycles. The summed E-state index contributed by atoms with van der Waals surface area (Å²) in [4.78, 5) is 4.61. The van der Waals surface area contributed by atoms with E-state index in [9.17, 15) is 0 Å². The third-order valence-corrected chi connectivity index (χ3v) is 8.24. The monoisotopic (exact) mass is 548 g/mol. The van der Waals surface area contributed by atoms with Gasteiger partial charge in [-0.2, -0.15) is 0 Å². The summed E-state index contributed by atoms with van der Waals surface area (Å²) in [6.07, 6.45) is 1.85. The van der Waals surface area contributed by atoms with Gasteiger partial charge in [-0.1, -0.05) is 109 Å². The molecule has 8 rings (SSSR count). The molecule has 0 saturated heterocycles. The van der Waals surface area contributed by atoms with E-state index in [1.807, 2.05) is 18.3 Å². The normalized spacial score (nSPS) is 11.3. The van der Waals surface area contributed by atoms with Gasteiger partial charge in [-0.15, -0.1) is 0 Å². The first kappa shape index (κ1) is 25.0. The summed E-state index contributed by atoms with van der Waals surface area (Å²) in [6.45, 7) is 0. The molecule has 0 N–H and O–H groups in total. The zero-order chi connectivity index (χ0) is 28.6. The number of hydrogen-bond acceptors (Lipinski definition) is 1. The first-order chi connectivity index (χ1) is 21.3. The Morgan fingerprint density at radius 2 is 1.02 bits per heavy atom. The molecular weight excluding hydrogens is 520 g/mol. The molecule has 2 heteroatoms. The highest BCUT2D eigenvalue weighted by Crippen LogP contribution is 2.41. The van der Waals surface area contributed by atoms with Crippen LogP contribution in [0.5, 0.6) is 0 Å². The lowest BCUT2D eigenvalue weighted by Gasteiger charge is -2.09. The van der Waals surface area contributed by atoms with Crippen molar-refractivity contribution in [2.24, 2.45) is 0 Å². The van der Waals surface area contributed by atoms with Crippen molar-refractivity contribution in [1.29, 1.82) is 0 Å². The molecule has 2 nitrogen and oxygen atoms in total. The summed E-state index contributed by atoms with van der Waals surface area (Å²) >= 11 is 0. The van der Waals surface area contributed by atoms with Gasteiger partial charge in [0.25, 0.3) is 0 Å². The van der Waals surface area contributed by atoms with Gasteiger partial charge in [-0.3, -0.25) is 4.98 Å². The van der Waals surface area contributed by atoms with E-state index in [1.165, 1.54) is 55.2 Å². The number of fused-ring (bicyclic) bond motifs is 3. The van der Waals surface area contributed by atoms with E-state index in [4.69, 9.17) is 0 Å². The van der Waals surface area contributed by atoms with Crippen molar-refractivity contribution in [3.8, 4) is 50.3 Å². The average molecular weight is 549 g/mol. The number of aromatic nitrogens is 2. The highest BCUT2D eigenvalue weighted by molar-refractivity contribution is 6.16. The van der Waals surface area contributed by atoms with Crippen LogP contribution in [-0.4, -0.2) is 9.55 Å². The molecule has 0 spiro atoms. The standard InChI is InChI=1S/C41H28N2/c1-3-12-29(13-4-1)30-14-9-15-31(26-30)32-23-24-39-37(28-32)41-36(20-11-22-40(41)43(39)35-18-5-2-6-19-35)33-16-10-17-34(27-33)38-21-7-8-25-42-38/h1-28H. The molecular formula is C41H28N2. The number of hydrogen-bond donors (Lipinski definition) is 0. The first-order valence-electron chi connectivity index (χ1n) is 14.6. The molecule has 0 amide bonds. The zero-order valence-electron chi connectivity index (χ0n) is 23.6. The second-order valence-electron chi connectivity index (χ2n) is 10.8. The lowest BCUT2D eigenvalue weighted by Crippen LogP contribution is -1.93. The molecule has 0 bridgehead atoms. The van der Waals surface area contributed by atoms with Crippen LogP contribution in [0, 0.1) is 0 Å². The smallest absolute Gasteiger partial charge is 0.0702 e. The molecule has 2 aromatic heterocycles. The van der Waals surface area contributed by atoms with Gasteiger partial charge in [0, 0.05) is 28.2 Å². The predicted molar refractivity (Wildman–Crippen MR) is 180 cm³/mol. The molecule has 0 aliphatic carbocycles. The fraction of sp³-hybridized carbons (Fsp3) is 0. The van der Waals surface area contributed by atoms with Crippen LogP contribution in [0.15, 0.2) is 170 Å². The lowest BCUT2D eigenvalue weighted by atomic mass is 9.95. The van der Waals surface area contributed by atoms with Crippen molar-refractivity contribution in [2.75, 3.05) is 0 Å². The Bertz CT molecular complexity index is 2210. The Labute approximate surface area is 251 Å². The molecule has 0 atom stereocenters. The van der Waals surface area contributed by atoms with E-state index < -0.39 is 0 Å². The highest BCUT2D eigenvalue weighted by Gasteiger charge is 2.17. The Hall–Kier alpha value is -5.73. The third kappa shape index (κ3) is 4.50. The topological polar surface area (TPSA) is 17.8 Å². The average Bonchev–Trinajstić information content (AvgIpc) is 3.43.